The standard InChI is InChI=1S/C24H10Br2O8/c25-14-6-12(23(31)32)16-10(22(29)30)4-3-9-18(16)17(14)8-2-1-7(21(27)28)11-5-13(24(33)34)20(26)19(9)15(8)11/h1-6H,(H,27,28)(H,29,30)(H,31,32)(H,33,34). The summed E-state index contributed by atoms with van der Waals surface area (Å²) < 4.78 is 0.540. The zero-order valence-electron chi connectivity index (χ0n) is 16.6. The molecule has 0 heterocycles. The number of carbonyl (C=O) groups is 4. The van der Waals surface area contributed by atoms with Gasteiger partial charge in [-0.2, -0.15) is 0 Å². The van der Waals surface area contributed by atoms with Crippen LogP contribution in [-0.4, -0.2) is 44.3 Å². The second kappa shape index (κ2) is 7.37. The minimum absolute atomic E-state index is 0.00978. The maximum absolute atomic E-state index is 12.1. The lowest BCUT2D eigenvalue weighted by molar-refractivity contribution is 0.0684. The van der Waals surface area contributed by atoms with Crippen molar-refractivity contribution in [3.05, 3.63) is 67.6 Å². The highest BCUT2D eigenvalue weighted by atomic mass is 79.9. The van der Waals surface area contributed by atoms with Crippen molar-refractivity contribution < 1.29 is 39.6 Å². The van der Waals surface area contributed by atoms with Gasteiger partial charge in [0, 0.05) is 30.5 Å². The van der Waals surface area contributed by atoms with E-state index >= 15 is 0 Å². The number of benzene rings is 5. The van der Waals surface area contributed by atoms with Crippen molar-refractivity contribution in [3.8, 4) is 0 Å². The molecule has 8 nitrogen and oxygen atoms in total. The van der Waals surface area contributed by atoms with Gasteiger partial charge in [0.1, 0.15) is 0 Å². The summed E-state index contributed by atoms with van der Waals surface area (Å²) in [5.41, 5.74) is -0.751. The lowest BCUT2D eigenvalue weighted by atomic mass is 9.85. The molecule has 168 valence electrons. The Hall–Kier alpha value is -3.76. The van der Waals surface area contributed by atoms with Gasteiger partial charge in [0.2, 0.25) is 0 Å². The summed E-state index contributed by atoms with van der Waals surface area (Å²) in [5, 5.41) is 41.8. The van der Waals surface area contributed by atoms with E-state index in [0.717, 1.165) is 0 Å². The smallest absolute Gasteiger partial charge is 0.336 e. The van der Waals surface area contributed by atoms with E-state index in [0.29, 0.717) is 36.8 Å². The molecule has 0 bridgehead atoms. The highest BCUT2D eigenvalue weighted by molar-refractivity contribution is 9.11. The number of carboxylic acid groups (broad SMARTS) is 4. The maximum atomic E-state index is 12.1. The third-order valence-electron chi connectivity index (χ3n) is 5.94. The molecule has 0 radical (unpaired) electrons. The number of hydrogen-bond acceptors (Lipinski definition) is 4. The van der Waals surface area contributed by atoms with Crippen molar-refractivity contribution >= 4 is 98.8 Å². The Labute approximate surface area is 205 Å². The van der Waals surface area contributed by atoms with E-state index in [-0.39, 0.29) is 37.5 Å². The van der Waals surface area contributed by atoms with Crippen LogP contribution in [0.3, 0.4) is 0 Å². The molecular weight excluding hydrogens is 576 g/mol. The summed E-state index contributed by atoms with van der Waals surface area (Å²) in [4.78, 5) is 48.0. The van der Waals surface area contributed by atoms with Gasteiger partial charge >= 0.3 is 23.9 Å². The van der Waals surface area contributed by atoms with E-state index in [2.05, 4.69) is 31.9 Å². The Kier molecular flexibility index (Phi) is 4.78. The first-order chi connectivity index (χ1) is 16.0. The Morgan fingerprint density at radius 3 is 1.59 bits per heavy atom. The van der Waals surface area contributed by atoms with E-state index in [1.54, 1.807) is 6.07 Å². The number of rotatable bonds is 4. The molecule has 5 rings (SSSR count). The van der Waals surface area contributed by atoms with Crippen molar-refractivity contribution in [3.63, 3.8) is 0 Å². The highest BCUT2D eigenvalue weighted by Crippen LogP contribution is 2.48. The van der Waals surface area contributed by atoms with E-state index in [4.69, 9.17) is 0 Å². The van der Waals surface area contributed by atoms with E-state index < -0.39 is 23.9 Å². The number of aromatic carboxylic acids is 4. The third kappa shape index (κ3) is 2.82. The van der Waals surface area contributed by atoms with Gasteiger partial charge in [0.05, 0.1) is 22.3 Å². The minimum atomic E-state index is -1.33. The first-order valence-corrected chi connectivity index (χ1v) is 11.2. The van der Waals surface area contributed by atoms with Crippen molar-refractivity contribution in [1.82, 2.24) is 0 Å². The van der Waals surface area contributed by atoms with Gasteiger partial charge in [-0.1, -0.05) is 28.1 Å². The lowest BCUT2D eigenvalue weighted by Crippen LogP contribution is -2.07. The van der Waals surface area contributed by atoms with E-state index in [1.807, 2.05) is 0 Å². The van der Waals surface area contributed by atoms with Crippen LogP contribution in [0, 0.1) is 0 Å². The average Bonchev–Trinajstić information content (AvgIpc) is 2.77. The summed E-state index contributed by atoms with van der Waals surface area (Å²) in [6.07, 6.45) is 0. The molecule has 0 aliphatic rings. The van der Waals surface area contributed by atoms with Crippen LogP contribution in [-0.2, 0) is 0 Å². The maximum Gasteiger partial charge on any atom is 0.336 e. The fourth-order valence-electron chi connectivity index (χ4n) is 4.65. The van der Waals surface area contributed by atoms with Crippen LogP contribution >= 0.6 is 31.9 Å². The molecular formula is C24H10Br2O8. The predicted octanol–water partition coefficient (Wildman–Crippen LogP) is 6.06. The lowest BCUT2D eigenvalue weighted by Gasteiger charge is -2.20. The Morgan fingerprint density at radius 2 is 1.03 bits per heavy atom. The SMILES string of the molecule is O=C(O)c1cc2c(C(=O)O)ccc3c4c(Br)cc(C(=O)O)c5c(C(=O)O)ccc(c(c1Br)c23)c54. The molecule has 5 aromatic rings. The van der Waals surface area contributed by atoms with E-state index in [1.165, 1.54) is 30.3 Å². The summed E-state index contributed by atoms with van der Waals surface area (Å²) in [6.45, 7) is 0. The third-order valence-corrected chi connectivity index (χ3v) is 7.38. The summed E-state index contributed by atoms with van der Waals surface area (Å²) >= 11 is 6.76. The van der Waals surface area contributed by atoms with Gasteiger partial charge in [-0.15, -0.1) is 0 Å². The second-order valence-electron chi connectivity index (χ2n) is 7.61. The summed E-state index contributed by atoms with van der Waals surface area (Å²) in [7, 11) is 0. The quantitative estimate of drug-likeness (QED) is 0.147. The van der Waals surface area contributed by atoms with Crippen LogP contribution in [0.25, 0.3) is 43.1 Å². The highest BCUT2D eigenvalue weighted by Gasteiger charge is 2.27. The zero-order valence-corrected chi connectivity index (χ0v) is 19.8. The largest absolute Gasteiger partial charge is 0.478 e. The Balaban J connectivity index is 2.25. The molecule has 0 saturated carbocycles. The minimum Gasteiger partial charge on any atom is -0.478 e. The van der Waals surface area contributed by atoms with Gasteiger partial charge in [-0.3, -0.25) is 0 Å². The molecule has 5 aromatic carbocycles. The van der Waals surface area contributed by atoms with Crippen molar-refractivity contribution in [2.75, 3.05) is 0 Å². The van der Waals surface area contributed by atoms with Crippen molar-refractivity contribution in [1.29, 1.82) is 0 Å². The second-order valence-corrected chi connectivity index (χ2v) is 9.26. The first-order valence-electron chi connectivity index (χ1n) is 9.56. The van der Waals surface area contributed by atoms with E-state index in [9.17, 15) is 39.6 Å². The van der Waals surface area contributed by atoms with Crippen LogP contribution in [0.15, 0.2) is 45.3 Å². The molecule has 0 unspecified atom stereocenters. The van der Waals surface area contributed by atoms with Crippen LogP contribution < -0.4 is 0 Å². The molecule has 34 heavy (non-hydrogen) atoms. The van der Waals surface area contributed by atoms with Gasteiger partial charge in [-0.05, 0) is 61.7 Å². The Morgan fingerprint density at radius 1 is 0.500 bits per heavy atom. The topological polar surface area (TPSA) is 149 Å². The van der Waals surface area contributed by atoms with Gasteiger partial charge in [-0.25, -0.2) is 19.2 Å². The molecule has 0 atom stereocenters. The fraction of sp³-hybridized carbons (Fsp3) is 0. The van der Waals surface area contributed by atoms with Crippen molar-refractivity contribution in [2.45, 2.75) is 0 Å². The zero-order chi connectivity index (χ0) is 24.6. The number of hydrogen-bond donors (Lipinski definition) is 4. The van der Waals surface area contributed by atoms with Crippen molar-refractivity contribution in [2.24, 2.45) is 0 Å². The molecule has 0 fully saturated rings. The molecule has 0 amide bonds. The fourth-order valence-corrected chi connectivity index (χ4v) is 5.98. The first kappa shape index (κ1) is 22.1. The normalized spacial score (nSPS) is 11.6. The predicted molar refractivity (Wildman–Crippen MR) is 131 cm³/mol. The molecule has 0 saturated heterocycles. The molecule has 0 aromatic heterocycles. The van der Waals surface area contributed by atoms with Gasteiger partial charge in [0.25, 0.3) is 0 Å². The monoisotopic (exact) mass is 584 g/mol. The van der Waals surface area contributed by atoms with Crippen LogP contribution in [0.1, 0.15) is 41.4 Å². The van der Waals surface area contributed by atoms with Gasteiger partial charge < -0.3 is 20.4 Å². The summed E-state index contributed by atoms with van der Waals surface area (Å²) in [5.74, 6) is -5.19. The molecule has 0 aliphatic carbocycles. The number of halogens is 2. The van der Waals surface area contributed by atoms with Crippen LogP contribution in [0.2, 0.25) is 0 Å². The molecule has 0 spiro atoms. The van der Waals surface area contributed by atoms with Crippen LogP contribution in [0.4, 0.5) is 0 Å². The molecule has 10 heteroatoms. The van der Waals surface area contributed by atoms with Gasteiger partial charge in [0.15, 0.2) is 0 Å². The molecule has 4 N–H and O–H groups in total. The molecule has 0 aliphatic heterocycles. The number of fused-ring (bicyclic) bond motifs is 2. The Bertz CT molecular complexity index is 1790. The van der Waals surface area contributed by atoms with Crippen LogP contribution in [0.5, 0.6) is 0 Å². The average molecular weight is 586 g/mol. The number of carboxylic acids is 4. The summed E-state index contributed by atoms with van der Waals surface area (Å²) in [6, 6.07) is 8.25.